The van der Waals surface area contributed by atoms with Gasteiger partial charge in [-0.05, 0) is 40.8 Å². The lowest BCUT2D eigenvalue weighted by atomic mass is 9.82. The second-order valence-electron chi connectivity index (χ2n) is 5.17. The molecule has 1 aliphatic carbocycles. The third-order valence-corrected chi connectivity index (χ3v) is 6.77. The minimum atomic E-state index is -4.03. The molecule has 0 amide bonds. The van der Waals surface area contributed by atoms with E-state index in [1.165, 1.54) is 7.05 Å². The molecular weight excluding hydrogens is 387 g/mol. The van der Waals surface area contributed by atoms with Crippen molar-refractivity contribution in [1.29, 1.82) is 0 Å². The molecule has 5 nitrogen and oxygen atoms in total. The standard InChI is InChI=1S/C12H15BrClFN2O3S/c1-17(5-6-2-7(18)3-6)21(19,20)9-4-8(14)10(13)12(16)11(9)15/h4,6-7,18H,2-3,5,16H2,1H3. The molecule has 1 aromatic rings. The molecule has 0 aliphatic heterocycles. The lowest BCUT2D eigenvalue weighted by Gasteiger charge is -2.34. The molecule has 0 unspecified atom stereocenters. The maximum atomic E-state index is 14.1. The molecule has 0 saturated heterocycles. The molecule has 2 rings (SSSR count). The molecule has 1 aliphatic rings. The highest BCUT2D eigenvalue weighted by Crippen LogP contribution is 2.36. The van der Waals surface area contributed by atoms with Gasteiger partial charge in [0.15, 0.2) is 5.82 Å². The van der Waals surface area contributed by atoms with Gasteiger partial charge in [-0.15, -0.1) is 0 Å². The average Bonchev–Trinajstić information content (AvgIpc) is 2.38. The summed E-state index contributed by atoms with van der Waals surface area (Å²) in [6.07, 6.45) is 0.720. The van der Waals surface area contributed by atoms with Crippen molar-refractivity contribution in [3.63, 3.8) is 0 Å². The first-order chi connectivity index (χ1) is 9.64. The molecular formula is C12H15BrClFN2O3S. The van der Waals surface area contributed by atoms with Gasteiger partial charge in [0, 0.05) is 13.6 Å². The van der Waals surface area contributed by atoms with E-state index >= 15 is 0 Å². The molecule has 0 spiro atoms. The second kappa shape index (κ2) is 6.00. The quantitative estimate of drug-likeness (QED) is 0.598. The molecule has 118 valence electrons. The fourth-order valence-corrected chi connectivity index (χ4v) is 4.18. The molecule has 3 N–H and O–H groups in total. The van der Waals surface area contributed by atoms with E-state index in [-0.39, 0.29) is 33.7 Å². The Morgan fingerprint density at radius 3 is 2.67 bits per heavy atom. The lowest BCUT2D eigenvalue weighted by Crippen LogP contribution is -2.39. The topological polar surface area (TPSA) is 83.6 Å². The minimum Gasteiger partial charge on any atom is -0.395 e. The number of nitrogens with two attached hydrogens (primary N) is 1. The van der Waals surface area contributed by atoms with Crippen molar-refractivity contribution in [2.45, 2.75) is 23.8 Å². The molecule has 0 aromatic heterocycles. The van der Waals surface area contributed by atoms with Crippen LogP contribution in [-0.4, -0.2) is 37.5 Å². The van der Waals surface area contributed by atoms with Gasteiger partial charge in [0.25, 0.3) is 0 Å². The van der Waals surface area contributed by atoms with E-state index in [4.69, 9.17) is 17.3 Å². The van der Waals surface area contributed by atoms with Crippen LogP contribution in [0.15, 0.2) is 15.4 Å². The van der Waals surface area contributed by atoms with E-state index in [0.29, 0.717) is 12.8 Å². The summed E-state index contributed by atoms with van der Waals surface area (Å²) in [5.74, 6) is -0.946. The molecule has 0 bridgehead atoms. The Morgan fingerprint density at radius 2 is 2.14 bits per heavy atom. The van der Waals surface area contributed by atoms with E-state index in [2.05, 4.69) is 15.9 Å². The zero-order valence-electron chi connectivity index (χ0n) is 11.2. The number of nitrogen functional groups attached to an aromatic ring is 1. The summed E-state index contributed by atoms with van der Waals surface area (Å²) in [6, 6.07) is 1.04. The largest absolute Gasteiger partial charge is 0.395 e. The van der Waals surface area contributed by atoms with Crippen molar-refractivity contribution in [1.82, 2.24) is 4.31 Å². The van der Waals surface area contributed by atoms with Crippen LogP contribution in [0.4, 0.5) is 10.1 Å². The van der Waals surface area contributed by atoms with Gasteiger partial charge in [-0.2, -0.15) is 0 Å². The van der Waals surface area contributed by atoms with Crippen LogP contribution < -0.4 is 5.73 Å². The van der Waals surface area contributed by atoms with Gasteiger partial charge in [0.1, 0.15) is 4.90 Å². The molecule has 1 saturated carbocycles. The predicted molar refractivity (Wildman–Crippen MR) is 82.1 cm³/mol. The number of aliphatic hydroxyl groups excluding tert-OH is 1. The van der Waals surface area contributed by atoms with E-state index < -0.39 is 20.7 Å². The number of aliphatic hydroxyl groups is 1. The Bertz CT molecular complexity index is 665. The van der Waals surface area contributed by atoms with Gasteiger partial charge in [-0.1, -0.05) is 11.6 Å². The van der Waals surface area contributed by atoms with E-state index in [0.717, 1.165) is 10.4 Å². The molecule has 21 heavy (non-hydrogen) atoms. The third kappa shape index (κ3) is 3.19. The van der Waals surface area contributed by atoms with Crippen LogP contribution in [0.3, 0.4) is 0 Å². The molecule has 0 radical (unpaired) electrons. The first-order valence-corrected chi connectivity index (χ1v) is 8.83. The average molecular weight is 402 g/mol. The van der Waals surface area contributed by atoms with Crippen molar-refractivity contribution in [3.8, 4) is 0 Å². The van der Waals surface area contributed by atoms with Gasteiger partial charge >= 0.3 is 0 Å². The summed E-state index contributed by atoms with van der Waals surface area (Å²) >= 11 is 8.86. The maximum Gasteiger partial charge on any atom is 0.245 e. The summed E-state index contributed by atoms with van der Waals surface area (Å²) in [7, 11) is -2.66. The zero-order chi connectivity index (χ0) is 15.9. The van der Waals surface area contributed by atoms with Crippen molar-refractivity contribution in [2.24, 2.45) is 5.92 Å². The van der Waals surface area contributed by atoms with Crippen LogP contribution in [0.1, 0.15) is 12.8 Å². The molecule has 1 aromatic carbocycles. The zero-order valence-corrected chi connectivity index (χ0v) is 14.3. The SMILES string of the molecule is CN(CC1CC(O)C1)S(=O)(=O)c1cc(Cl)c(Br)c(N)c1F. The Balaban J connectivity index is 2.31. The Labute approximate surface area is 136 Å². The summed E-state index contributed by atoms with van der Waals surface area (Å²) in [6.45, 7) is 0.215. The van der Waals surface area contributed by atoms with Gasteiger partial charge in [-0.3, -0.25) is 0 Å². The Kier molecular flexibility index (Phi) is 4.84. The first kappa shape index (κ1) is 17.0. The Morgan fingerprint density at radius 1 is 1.57 bits per heavy atom. The van der Waals surface area contributed by atoms with Crippen molar-refractivity contribution < 1.29 is 17.9 Å². The van der Waals surface area contributed by atoms with Crippen LogP contribution in [0.2, 0.25) is 5.02 Å². The fraction of sp³-hybridized carbons (Fsp3) is 0.500. The lowest BCUT2D eigenvalue weighted by molar-refractivity contribution is 0.0367. The molecule has 1 fully saturated rings. The predicted octanol–water partition coefficient (Wildman–Crippen LogP) is 2.22. The van der Waals surface area contributed by atoms with Crippen molar-refractivity contribution >= 4 is 43.2 Å². The van der Waals surface area contributed by atoms with Crippen LogP contribution in [0.5, 0.6) is 0 Å². The number of hydrogen-bond acceptors (Lipinski definition) is 4. The van der Waals surface area contributed by atoms with Crippen LogP contribution in [-0.2, 0) is 10.0 Å². The van der Waals surface area contributed by atoms with Crippen molar-refractivity contribution in [3.05, 3.63) is 21.4 Å². The molecule has 0 heterocycles. The number of nitrogens with zero attached hydrogens (tertiary/aromatic N) is 1. The summed E-state index contributed by atoms with van der Waals surface area (Å²) < 4.78 is 40.2. The highest BCUT2D eigenvalue weighted by Gasteiger charge is 2.33. The summed E-state index contributed by atoms with van der Waals surface area (Å²) in [5, 5.41) is 9.26. The monoisotopic (exact) mass is 400 g/mol. The number of sulfonamides is 1. The normalized spacial score (nSPS) is 22.4. The van der Waals surface area contributed by atoms with E-state index in [9.17, 15) is 17.9 Å². The first-order valence-electron chi connectivity index (χ1n) is 6.22. The minimum absolute atomic E-state index is 0.0277. The summed E-state index contributed by atoms with van der Waals surface area (Å²) in [5.41, 5.74) is 5.18. The highest BCUT2D eigenvalue weighted by atomic mass is 79.9. The number of rotatable bonds is 4. The van der Waals surface area contributed by atoms with E-state index in [1.54, 1.807) is 0 Å². The number of anilines is 1. The summed E-state index contributed by atoms with van der Waals surface area (Å²) in [4.78, 5) is -0.546. The number of benzene rings is 1. The maximum absolute atomic E-state index is 14.1. The molecule has 0 atom stereocenters. The van der Waals surface area contributed by atoms with Crippen LogP contribution in [0.25, 0.3) is 0 Å². The fourth-order valence-electron chi connectivity index (χ4n) is 2.27. The van der Waals surface area contributed by atoms with Crippen LogP contribution >= 0.6 is 27.5 Å². The van der Waals surface area contributed by atoms with Gasteiger partial charge in [0.05, 0.1) is 21.3 Å². The highest BCUT2D eigenvalue weighted by molar-refractivity contribution is 9.10. The van der Waals surface area contributed by atoms with Gasteiger partial charge in [-0.25, -0.2) is 17.1 Å². The van der Waals surface area contributed by atoms with Gasteiger partial charge in [0.2, 0.25) is 10.0 Å². The molecule has 9 heteroatoms. The van der Waals surface area contributed by atoms with E-state index in [1.807, 2.05) is 0 Å². The van der Waals surface area contributed by atoms with Crippen molar-refractivity contribution in [2.75, 3.05) is 19.3 Å². The van der Waals surface area contributed by atoms with Crippen LogP contribution in [0, 0.1) is 11.7 Å². The number of hydrogen-bond donors (Lipinski definition) is 2. The number of halogens is 3. The Hall–Kier alpha value is -0.410. The smallest absolute Gasteiger partial charge is 0.245 e. The third-order valence-electron chi connectivity index (χ3n) is 3.57. The second-order valence-corrected chi connectivity index (χ2v) is 8.39. The van der Waals surface area contributed by atoms with Gasteiger partial charge < -0.3 is 10.8 Å².